The zero-order chi connectivity index (χ0) is 18.9. The van der Waals surface area contributed by atoms with Crippen LogP contribution in [-0.2, 0) is 14.9 Å². The fraction of sp³-hybridized carbons (Fsp3) is 0.609. The number of hydrogen-bond acceptors (Lipinski definition) is 3. The van der Waals surface area contributed by atoms with Crippen LogP contribution < -0.4 is 5.32 Å². The SMILES string of the molecule is CC[C@]12CCC[N+]3(CC)CC[C@]4(C(=C(C(=O)OC)C1)Nc1ccccc14)[C@H]23. The largest absolute Gasteiger partial charge is 0.466 e. The molecule has 4 aliphatic rings. The molecule has 1 spiro atoms. The average molecular weight is 368 g/mol. The number of methoxy groups -OCH3 is 1. The monoisotopic (exact) mass is 367 g/mol. The molecule has 0 aromatic heterocycles. The van der Waals surface area contributed by atoms with E-state index >= 15 is 0 Å². The molecule has 1 aromatic carbocycles. The Labute approximate surface area is 162 Å². The van der Waals surface area contributed by atoms with Crippen molar-refractivity contribution in [3.05, 3.63) is 41.1 Å². The van der Waals surface area contributed by atoms with Crippen LogP contribution >= 0.6 is 0 Å². The third kappa shape index (κ3) is 1.90. The standard InChI is InChI=1S/C23H30N2O2/c1-4-22-11-8-13-25(5-2)14-12-23(21(22)25)17-9-6-7-10-18(17)24-19(23)16(15-22)20(26)27-3/h6-7,9-10,21H,4-5,8,11-15H2,1-3H3/p+1/t21-,22-,23-,25?/m0/s1. The maximum Gasteiger partial charge on any atom is 0.335 e. The van der Waals surface area contributed by atoms with E-state index in [9.17, 15) is 4.79 Å². The summed E-state index contributed by atoms with van der Waals surface area (Å²) in [5.41, 5.74) is 4.83. The van der Waals surface area contributed by atoms with Gasteiger partial charge in [0.25, 0.3) is 0 Å². The summed E-state index contributed by atoms with van der Waals surface area (Å²) >= 11 is 0. The van der Waals surface area contributed by atoms with Crippen LogP contribution in [0.15, 0.2) is 35.5 Å². The average Bonchev–Trinajstić information content (AvgIpc) is 3.25. The fourth-order valence-corrected chi connectivity index (χ4v) is 7.53. The maximum atomic E-state index is 12.9. The highest BCUT2D eigenvalue weighted by Crippen LogP contribution is 2.67. The number of carbonyl (C=O) groups is 1. The van der Waals surface area contributed by atoms with Gasteiger partial charge in [-0.25, -0.2) is 4.79 Å². The van der Waals surface area contributed by atoms with Crippen molar-refractivity contribution in [3.63, 3.8) is 0 Å². The second-order valence-corrected chi connectivity index (χ2v) is 9.12. The lowest BCUT2D eigenvalue weighted by atomic mass is 9.53. The van der Waals surface area contributed by atoms with Crippen LogP contribution in [0.2, 0.25) is 0 Å². The zero-order valence-corrected chi connectivity index (χ0v) is 16.8. The van der Waals surface area contributed by atoms with Crippen molar-refractivity contribution < 1.29 is 14.0 Å². The molecule has 4 heteroatoms. The van der Waals surface area contributed by atoms with E-state index in [1.165, 1.54) is 61.0 Å². The van der Waals surface area contributed by atoms with E-state index in [-0.39, 0.29) is 16.8 Å². The summed E-state index contributed by atoms with van der Waals surface area (Å²) in [6.45, 7) is 8.41. The lowest BCUT2D eigenvalue weighted by molar-refractivity contribution is -0.952. The predicted molar refractivity (Wildman–Crippen MR) is 106 cm³/mol. The molecule has 1 aliphatic carbocycles. The van der Waals surface area contributed by atoms with Crippen molar-refractivity contribution in [2.24, 2.45) is 5.41 Å². The molecule has 1 aromatic rings. The summed E-state index contributed by atoms with van der Waals surface area (Å²) in [7, 11) is 1.53. The number of para-hydroxylation sites is 1. The number of carbonyl (C=O) groups excluding carboxylic acids is 1. The lowest BCUT2D eigenvalue weighted by Crippen LogP contribution is -2.68. The molecule has 144 valence electrons. The Morgan fingerprint density at radius 1 is 1.26 bits per heavy atom. The molecule has 0 bridgehead atoms. The van der Waals surface area contributed by atoms with E-state index in [1.807, 2.05) is 0 Å². The van der Waals surface area contributed by atoms with Crippen LogP contribution in [0, 0.1) is 5.41 Å². The summed E-state index contributed by atoms with van der Waals surface area (Å²) in [6.07, 6.45) is 5.63. The number of anilines is 1. The molecule has 0 amide bonds. The van der Waals surface area contributed by atoms with Crippen molar-refractivity contribution in [1.82, 2.24) is 0 Å². The van der Waals surface area contributed by atoms with Gasteiger partial charge in [0, 0.05) is 23.2 Å². The van der Waals surface area contributed by atoms with Crippen molar-refractivity contribution in [1.29, 1.82) is 0 Å². The smallest absolute Gasteiger partial charge is 0.335 e. The van der Waals surface area contributed by atoms with Gasteiger partial charge in [0.1, 0.15) is 6.04 Å². The predicted octanol–water partition coefficient (Wildman–Crippen LogP) is 3.98. The summed E-state index contributed by atoms with van der Waals surface area (Å²) in [5, 5.41) is 3.70. The Morgan fingerprint density at radius 3 is 2.81 bits per heavy atom. The van der Waals surface area contributed by atoms with Gasteiger partial charge in [-0.2, -0.15) is 0 Å². The van der Waals surface area contributed by atoms with Gasteiger partial charge in [-0.1, -0.05) is 25.1 Å². The Balaban J connectivity index is 1.84. The minimum Gasteiger partial charge on any atom is -0.466 e. The molecule has 0 saturated carbocycles. The molecule has 4 atom stereocenters. The number of fused-ring (bicyclic) bond motifs is 1. The van der Waals surface area contributed by atoms with Gasteiger partial charge in [-0.3, -0.25) is 0 Å². The number of ether oxygens (including phenoxy) is 1. The van der Waals surface area contributed by atoms with Crippen molar-refractivity contribution in [2.45, 2.75) is 57.4 Å². The molecular formula is C23H31N2O2+. The summed E-state index contributed by atoms with van der Waals surface area (Å²) in [5.74, 6) is -0.136. The van der Waals surface area contributed by atoms with Crippen LogP contribution in [0.25, 0.3) is 0 Å². The number of quaternary nitrogens is 1. The molecule has 27 heavy (non-hydrogen) atoms. The third-order valence-corrected chi connectivity index (χ3v) is 8.53. The second-order valence-electron chi connectivity index (χ2n) is 9.12. The summed E-state index contributed by atoms with van der Waals surface area (Å²) in [4.78, 5) is 12.9. The third-order valence-electron chi connectivity index (χ3n) is 8.53. The van der Waals surface area contributed by atoms with Crippen LogP contribution in [0.4, 0.5) is 5.69 Å². The summed E-state index contributed by atoms with van der Waals surface area (Å²) < 4.78 is 6.50. The van der Waals surface area contributed by atoms with E-state index in [1.54, 1.807) is 0 Å². The van der Waals surface area contributed by atoms with Crippen LogP contribution in [0.3, 0.4) is 0 Å². The van der Waals surface area contributed by atoms with E-state index < -0.39 is 0 Å². The molecule has 1 unspecified atom stereocenters. The first kappa shape index (κ1) is 17.3. The first-order valence-corrected chi connectivity index (χ1v) is 10.6. The fourth-order valence-electron chi connectivity index (χ4n) is 7.53. The first-order chi connectivity index (χ1) is 13.1. The van der Waals surface area contributed by atoms with Crippen molar-refractivity contribution >= 4 is 11.7 Å². The number of esters is 1. The Hall–Kier alpha value is -1.81. The Kier molecular flexibility index (Phi) is 3.59. The topological polar surface area (TPSA) is 38.3 Å². The molecule has 3 aliphatic heterocycles. The number of likely N-dealkylation sites (N-methyl/N-ethyl adjacent to an activating group) is 1. The number of hydrogen-bond donors (Lipinski definition) is 1. The van der Waals surface area contributed by atoms with Crippen LogP contribution in [0.1, 0.15) is 51.5 Å². The van der Waals surface area contributed by atoms with E-state index in [0.717, 1.165) is 24.8 Å². The van der Waals surface area contributed by atoms with Crippen molar-refractivity contribution in [3.8, 4) is 0 Å². The number of nitrogens with zero attached hydrogens (tertiary/aromatic N) is 1. The van der Waals surface area contributed by atoms with Crippen LogP contribution in [-0.4, -0.2) is 43.2 Å². The van der Waals surface area contributed by atoms with Gasteiger partial charge in [0.15, 0.2) is 0 Å². The number of nitrogens with one attached hydrogen (secondary N) is 1. The van der Waals surface area contributed by atoms with Gasteiger partial charge in [0.05, 0.1) is 37.7 Å². The van der Waals surface area contributed by atoms with E-state index in [0.29, 0.717) is 6.04 Å². The first-order valence-electron chi connectivity index (χ1n) is 10.6. The van der Waals surface area contributed by atoms with Gasteiger partial charge in [0.2, 0.25) is 0 Å². The molecule has 1 N–H and O–H groups in total. The number of piperidine rings is 1. The summed E-state index contributed by atoms with van der Waals surface area (Å²) in [6, 6.07) is 9.32. The van der Waals surface area contributed by atoms with E-state index in [4.69, 9.17) is 4.74 Å². The molecular weight excluding hydrogens is 336 g/mol. The van der Waals surface area contributed by atoms with Gasteiger partial charge in [-0.15, -0.1) is 0 Å². The van der Waals surface area contributed by atoms with Crippen molar-refractivity contribution in [2.75, 3.05) is 32.1 Å². The highest BCUT2D eigenvalue weighted by Gasteiger charge is 2.72. The minimum absolute atomic E-state index is 0.0508. The zero-order valence-electron chi connectivity index (χ0n) is 16.8. The van der Waals surface area contributed by atoms with Gasteiger partial charge >= 0.3 is 5.97 Å². The quantitative estimate of drug-likeness (QED) is 0.649. The molecule has 3 heterocycles. The molecule has 2 saturated heterocycles. The highest BCUT2D eigenvalue weighted by molar-refractivity contribution is 5.93. The van der Waals surface area contributed by atoms with Crippen LogP contribution in [0.5, 0.6) is 0 Å². The number of benzene rings is 1. The maximum absolute atomic E-state index is 12.9. The van der Waals surface area contributed by atoms with E-state index in [2.05, 4.69) is 43.4 Å². The highest BCUT2D eigenvalue weighted by atomic mass is 16.5. The Morgan fingerprint density at radius 2 is 2.07 bits per heavy atom. The molecule has 2 fully saturated rings. The van der Waals surface area contributed by atoms with Gasteiger partial charge < -0.3 is 14.5 Å². The molecule has 5 rings (SSSR count). The second kappa shape index (κ2) is 5.60. The number of rotatable bonds is 3. The lowest BCUT2D eigenvalue weighted by Gasteiger charge is -2.59. The Bertz CT molecular complexity index is 847. The molecule has 4 nitrogen and oxygen atoms in total. The minimum atomic E-state index is -0.136. The van der Waals surface area contributed by atoms with Gasteiger partial charge in [-0.05, 0) is 44.2 Å². The normalized spacial score (nSPS) is 38.7. The molecule has 0 radical (unpaired) electrons.